The maximum atomic E-state index is 14.8. The van der Waals surface area contributed by atoms with Gasteiger partial charge < -0.3 is 73.3 Å². The first kappa shape index (κ1) is 82.0. The number of aromatic hydroxyl groups is 2. The zero-order valence-electron chi connectivity index (χ0n) is 59.1. The first-order valence-electron chi connectivity index (χ1n) is 36.0. The topological polar surface area (TPSA) is 398 Å². The van der Waals surface area contributed by atoms with Crippen LogP contribution >= 0.6 is 0 Å². The number of aromatic nitrogens is 1. The van der Waals surface area contributed by atoms with E-state index in [9.17, 15) is 73.2 Å². The Balaban J connectivity index is 0.000000771. The van der Waals surface area contributed by atoms with E-state index in [-0.39, 0.29) is 73.2 Å². The number of amides is 8. The van der Waals surface area contributed by atoms with Crippen LogP contribution in [0.25, 0.3) is 10.9 Å². The van der Waals surface area contributed by atoms with Gasteiger partial charge in [0.05, 0.1) is 13.2 Å². The molecule has 3 unspecified atom stereocenters. The zero-order valence-corrected chi connectivity index (χ0v) is 59.1. The Morgan fingerprint density at radius 1 is 0.600 bits per heavy atom. The van der Waals surface area contributed by atoms with E-state index in [4.69, 9.17) is 5.73 Å². The number of aliphatic carboxylic acids is 1. The number of ketones is 2. The third-order valence-electron chi connectivity index (χ3n) is 18.7. The number of hydrogen-bond acceptors (Lipinski definition) is 15. The fourth-order valence-corrected chi connectivity index (χ4v) is 12.7. The molecule has 9 atom stereocenters. The second kappa shape index (κ2) is 43.7. The van der Waals surface area contributed by atoms with Gasteiger partial charge in [0, 0.05) is 79.9 Å². The molecule has 4 aromatic rings. The van der Waals surface area contributed by atoms with E-state index in [0.717, 1.165) is 94.6 Å². The lowest BCUT2D eigenvalue weighted by molar-refractivity contribution is -0.143. The van der Waals surface area contributed by atoms with E-state index in [1.54, 1.807) is 6.20 Å². The van der Waals surface area contributed by atoms with Crippen LogP contribution in [0.1, 0.15) is 186 Å². The number of nitrogens with two attached hydrogens (primary N) is 1. The molecule has 550 valence electrons. The van der Waals surface area contributed by atoms with Crippen molar-refractivity contribution in [2.45, 2.75) is 225 Å². The number of nitrogens with one attached hydrogen (secondary N) is 8. The van der Waals surface area contributed by atoms with Crippen molar-refractivity contribution in [3.05, 3.63) is 95.7 Å². The van der Waals surface area contributed by atoms with Crippen molar-refractivity contribution in [1.29, 1.82) is 0 Å². The van der Waals surface area contributed by atoms with Gasteiger partial charge in [0.1, 0.15) is 59.3 Å². The van der Waals surface area contributed by atoms with Gasteiger partial charge in [-0.3, -0.25) is 47.9 Å². The quantitative estimate of drug-likeness (QED) is 0.0429. The number of hydrogen-bond donors (Lipinski definition) is 13. The van der Waals surface area contributed by atoms with E-state index < -0.39 is 115 Å². The Kier molecular flexibility index (Phi) is 35.8. The molecule has 2 aliphatic heterocycles. The molecule has 1 aromatic heterocycles. The summed E-state index contributed by atoms with van der Waals surface area (Å²) < 4.78 is 0. The minimum atomic E-state index is -1.68. The number of fused-ring (bicyclic) bond motifs is 1. The molecule has 6 rings (SSSR count). The van der Waals surface area contributed by atoms with Crippen LogP contribution in [0.2, 0.25) is 0 Å². The van der Waals surface area contributed by atoms with Gasteiger partial charge in [0.15, 0.2) is 0 Å². The van der Waals surface area contributed by atoms with Gasteiger partial charge in [-0.05, 0) is 130 Å². The van der Waals surface area contributed by atoms with E-state index in [1.807, 2.05) is 52.0 Å². The molecule has 8 amide bonds. The highest BCUT2D eigenvalue weighted by molar-refractivity contribution is 5.98. The number of nitrogens with zero attached hydrogens (tertiary/aromatic N) is 1. The van der Waals surface area contributed by atoms with Crippen molar-refractivity contribution >= 4 is 75.7 Å². The van der Waals surface area contributed by atoms with Crippen LogP contribution < -0.4 is 43.0 Å². The average molecular weight is 1390 g/mol. The third-order valence-corrected chi connectivity index (χ3v) is 18.7. The average Bonchev–Trinajstić information content (AvgIpc) is 1.61. The fraction of sp³-hybridized carbons (Fsp3) is 0.587. The van der Waals surface area contributed by atoms with Crippen molar-refractivity contribution < 1.29 is 73.2 Å². The number of carbonyl (C=O) groups excluding carboxylic acids is 10. The summed E-state index contributed by atoms with van der Waals surface area (Å²) in [5.74, 6) is -7.69. The number of para-hydroxylation sites is 1. The summed E-state index contributed by atoms with van der Waals surface area (Å²) in [6.07, 6.45) is 14.9. The largest absolute Gasteiger partial charge is 0.508 e. The maximum Gasteiger partial charge on any atom is 0.326 e. The molecule has 2 aliphatic rings. The Morgan fingerprint density at radius 2 is 1.12 bits per heavy atom. The van der Waals surface area contributed by atoms with Crippen LogP contribution in [0.3, 0.4) is 0 Å². The SMILES string of the molecule is CCC(=O)CC1CCCCNCCCC[C@H](CC)C1=O.CC[C@H]1CCCCCCCCCN(CC(=O)N[C@@H](Cc2ccc(O)cc2)C(=O)O)C(=O)[C@H](CC(C)C)NC(=O)C(Cc2ccc(O)cc2)NC(=O)[C@H](CCC(N)=O)NC(=O)C(CO)NC(=O)[C@H](Cc2c[nH]c3ccccc23)NC1=O. The van der Waals surface area contributed by atoms with Crippen molar-refractivity contribution in [1.82, 2.24) is 47.1 Å². The minimum Gasteiger partial charge on any atom is -0.508 e. The molecule has 2 fully saturated rings. The van der Waals surface area contributed by atoms with E-state index >= 15 is 0 Å². The molecule has 0 radical (unpaired) electrons. The highest BCUT2D eigenvalue weighted by atomic mass is 16.4. The van der Waals surface area contributed by atoms with Gasteiger partial charge in [-0.25, -0.2) is 4.79 Å². The molecule has 0 saturated carbocycles. The number of aliphatic hydroxyl groups excluding tert-OH is 1. The summed E-state index contributed by atoms with van der Waals surface area (Å²) in [5.41, 5.74) is 7.97. The van der Waals surface area contributed by atoms with Crippen molar-refractivity contribution in [3.63, 3.8) is 0 Å². The number of primary amides is 1. The number of carboxylic acids is 1. The lowest BCUT2D eigenvalue weighted by atomic mass is 9.82. The molecule has 25 nitrogen and oxygen atoms in total. The first-order chi connectivity index (χ1) is 47.9. The highest BCUT2D eigenvalue weighted by Crippen LogP contribution is 2.26. The zero-order chi connectivity index (χ0) is 73.1. The van der Waals surface area contributed by atoms with Gasteiger partial charge in [0.25, 0.3) is 0 Å². The van der Waals surface area contributed by atoms with Crippen LogP contribution in [0.15, 0.2) is 79.0 Å². The molecule has 14 N–H and O–H groups in total. The fourth-order valence-electron chi connectivity index (χ4n) is 12.7. The summed E-state index contributed by atoms with van der Waals surface area (Å²) in [5, 5.41) is 60.7. The number of phenolic OH excluding ortho intramolecular Hbond substituents is 2. The Hall–Kier alpha value is -8.71. The van der Waals surface area contributed by atoms with Crippen LogP contribution in [0.4, 0.5) is 0 Å². The van der Waals surface area contributed by atoms with E-state index in [0.29, 0.717) is 67.4 Å². The number of rotatable bonds is 21. The second-order valence-corrected chi connectivity index (χ2v) is 27.1. The first-order valence-corrected chi connectivity index (χ1v) is 36.0. The number of aliphatic hydroxyl groups is 1. The van der Waals surface area contributed by atoms with Gasteiger partial charge in [0.2, 0.25) is 47.3 Å². The second-order valence-electron chi connectivity index (χ2n) is 27.1. The monoisotopic (exact) mass is 1390 g/mol. The number of H-pyrrole nitrogens is 1. The number of Topliss-reactive ketones (excluding diaryl/α,β-unsaturated/α-hetero) is 2. The van der Waals surface area contributed by atoms with E-state index in [2.05, 4.69) is 49.1 Å². The number of phenols is 2. The predicted molar refractivity (Wildman–Crippen MR) is 380 cm³/mol. The molecular weight excluding hydrogens is 1280 g/mol. The normalized spacial score (nSPS) is 22.6. The van der Waals surface area contributed by atoms with Crippen LogP contribution in [0.5, 0.6) is 11.5 Å². The third kappa shape index (κ3) is 28.5. The summed E-state index contributed by atoms with van der Waals surface area (Å²) in [4.78, 5) is 153. The van der Waals surface area contributed by atoms with Crippen molar-refractivity contribution in [2.24, 2.45) is 29.4 Å². The van der Waals surface area contributed by atoms with Gasteiger partial charge in [-0.1, -0.05) is 128 Å². The number of aromatic amines is 1. The summed E-state index contributed by atoms with van der Waals surface area (Å²) in [7, 11) is 0. The molecule has 0 spiro atoms. The summed E-state index contributed by atoms with van der Waals surface area (Å²) >= 11 is 0. The molecule has 2 saturated heterocycles. The van der Waals surface area contributed by atoms with Gasteiger partial charge >= 0.3 is 5.97 Å². The molecule has 3 aromatic carbocycles. The molecule has 0 bridgehead atoms. The van der Waals surface area contributed by atoms with Crippen LogP contribution in [-0.4, -0.2) is 164 Å². The Labute approximate surface area is 587 Å². The molecular formula is C75H110N10O15. The number of carbonyl (C=O) groups is 11. The Morgan fingerprint density at radius 3 is 1.72 bits per heavy atom. The van der Waals surface area contributed by atoms with Crippen LogP contribution in [-0.2, 0) is 72.0 Å². The molecule has 25 heteroatoms. The standard InChI is InChI=1S/C58H79N9O13.C17H31NO2/c1-4-38-14-10-8-6-5-7-9-13-27-67(33-51(72)61-48(58(79)80)30-37-19-23-41(70)24-20-37)57(78)47(28-35(2)3)65-54(75)45(29-36-17-21-40(69)22-18-36)64-53(74)44(25-26-50(59)71)62-56(77)49(34-68)66-55(76)46(63-52(38)73)31-39-32-60-43-16-12-11-15-42(39)43;1-3-14-9-5-7-11-18-12-8-6-10-15(17(14)20)13-16(19)4-2/h11-12,15-24,32,35,38,44-49,60,68-70H,4-10,13-14,25-31,33-34H2,1-3H3,(H2,59,71)(H,61,72)(H,62,77)(H,63,73)(H,64,74)(H,65,75)(H,66,76)(H,79,80);14-15,18H,3-13H2,1-2H3/t38-,44-,45?,46-,47-,48-,49?;14-,15?/m00/s1. The van der Waals surface area contributed by atoms with Gasteiger partial charge in [-0.2, -0.15) is 0 Å². The highest BCUT2D eigenvalue weighted by Gasteiger charge is 2.36. The van der Waals surface area contributed by atoms with Gasteiger partial charge in [-0.15, -0.1) is 0 Å². The molecule has 0 aliphatic carbocycles. The minimum absolute atomic E-state index is 0.00770. The molecule has 100 heavy (non-hydrogen) atoms. The lowest BCUT2D eigenvalue weighted by Crippen LogP contribution is -2.60. The summed E-state index contributed by atoms with van der Waals surface area (Å²) in [6.45, 7) is 10.2. The van der Waals surface area contributed by atoms with Crippen molar-refractivity contribution in [2.75, 3.05) is 32.8 Å². The molecule has 3 heterocycles. The summed E-state index contributed by atoms with van der Waals surface area (Å²) in [6, 6.07) is 10.3. The van der Waals surface area contributed by atoms with Crippen molar-refractivity contribution in [3.8, 4) is 11.5 Å². The van der Waals surface area contributed by atoms with Crippen LogP contribution in [0, 0.1) is 23.7 Å². The maximum absolute atomic E-state index is 14.8. The smallest absolute Gasteiger partial charge is 0.326 e. The van der Waals surface area contributed by atoms with E-state index in [1.165, 1.54) is 53.4 Å². The Bertz CT molecular complexity index is 3280. The predicted octanol–water partition coefficient (Wildman–Crippen LogP) is 6.40. The number of carboxylic acid groups (broad SMARTS) is 1. The number of benzene rings is 3. The lowest BCUT2D eigenvalue weighted by Gasteiger charge is -2.30.